The lowest BCUT2D eigenvalue weighted by atomic mass is 9.87. The average Bonchev–Trinajstić information content (AvgIpc) is 3.45. The summed E-state index contributed by atoms with van der Waals surface area (Å²) in [5.41, 5.74) is 3.25. The topological polar surface area (TPSA) is 67.2 Å². The van der Waals surface area contributed by atoms with Gasteiger partial charge in [-0.1, -0.05) is 6.92 Å². The first-order chi connectivity index (χ1) is 14.0. The van der Waals surface area contributed by atoms with Crippen LogP contribution in [0, 0.1) is 12.8 Å². The minimum atomic E-state index is -0.0159. The Morgan fingerprint density at radius 1 is 1.31 bits per heavy atom. The van der Waals surface area contributed by atoms with Gasteiger partial charge in [-0.05, 0) is 57.1 Å². The third-order valence-corrected chi connectivity index (χ3v) is 7.24. The lowest BCUT2D eigenvalue weighted by Crippen LogP contribution is -2.33. The van der Waals surface area contributed by atoms with Crippen LogP contribution >= 0.6 is 11.3 Å². The number of amides is 2. The summed E-state index contributed by atoms with van der Waals surface area (Å²) < 4.78 is 1.95. The predicted molar refractivity (Wildman–Crippen MR) is 114 cm³/mol. The molecule has 7 heteroatoms. The molecule has 1 atom stereocenters. The minimum absolute atomic E-state index is 0.0159. The van der Waals surface area contributed by atoms with Crippen LogP contribution in [0.4, 0.5) is 0 Å². The Morgan fingerprint density at radius 2 is 2.10 bits per heavy atom. The number of likely N-dealkylation sites (tertiary alicyclic amines) is 1. The van der Waals surface area contributed by atoms with Crippen molar-refractivity contribution in [3.05, 3.63) is 38.8 Å². The van der Waals surface area contributed by atoms with Crippen molar-refractivity contribution in [1.82, 2.24) is 20.0 Å². The van der Waals surface area contributed by atoms with Crippen molar-refractivity contribution in [3.63, 3.8) is 0 Å². The summed E-state index contributed by atoms with van der Waals surface area (Å²) in [5.74, 6) is 0.261. The van der Waals surface area contributed by atoms with Gasteiger partial charge in [0, 0.05) is 48.7 Å². The highest BCUT2D eigenvalue weighted by Crippen LogP contribution is 2.33. The molecule has 0 radical (unpaired) electrons. The zero-order valence-electron chi connectivity index (χ0n) is 17.4. The van der Waals surface area contributed by atoms with Crippen molar-refractivity contribution < 1.29 is 9.59 Å². The number of fused-ring (bicyclic) bond motifs is 1. The second-order valence-corrected chi connectivity index (χ2v) is 9.36. The molecule has 2 amide bonds. The standard InChI is InChI=1S/C22H30N4O2S/c1-3-8-26-14-18(15(2)24-26)13-23-21(27)16-6-7-19-17(11-16)12-20(29-19)22(28)25-9-4-5-10-25/h12,14,16H,3-11,13H2,1-2H3,(H,23,27)/t16-/m1/s1. The Hall–Kier alpha value is -2.15. The van der Waals surface area contributed by atoms with Crippen LogP contribution in [-0.2, 0) is 30.7 Å². The van der Waals surface area contributed by atoms with Crippen LogP contribution < -0.4 is 5.32 Å². The summed E-state index contributed by atoms with van der Waals surface area (Å²) in [6.07, 6.45) is 7.77. The van der Waals surface area contributed by atoms with Gasteiger partial charge in [0.05, 0.1) is 10.6 Å². The number of carbonyl (C=O) groups is 2. The highest BCUT2D eigenvalue weighted by molar-refractivity contribution is 7.14. The first kappa shape index (κ1) is 20.1. The molecule has 1 saturated heterocycles. The normalized spacial score (nSPS) is 18.7. The number of rotatable bonds is 6. The summed E-state index contributed by atoms with van der Waals surface area (Å²) >= 11 is 1.63. The van der Waals surface area contributed by atoms with Crippen molar-refractivity contribution >= 4 is 23.2 Å². The summed E-state index contributed by atoms with van der Waals surface area (Å²) in [5, 5.41) is 7.61. The van der Waals surface area contributed by atoms with E-state index < -0.39 is 0 Å². The van der Waals surface area contributed by atoms with E-state index in [-0.39, 0.29) is 17.7 Å². The molecule has 156 valence electrons. The van der Waals surface area contributed by atoms with E-state index in [0.29, 0.717) is 6.54 Å². The first-order valence-corrected chi connectivity index (χ1v) is 11.6. The van der Waals surface area contributed by atoms with E-state index >= 15 is 0 Å². The molecule has 2 aliphatic rings. The van der Waals surface area contributed by atoms with Crippen molar-refractivity contribution in [3.8, 4) is 0 Å². The minimum Gasteiger partial charge on any atom is -0.352 e. The molecule has 1 aliphatic carbocycles. The molecule has 0 unspecified atom stereocenters. The molecule has 0 saturated carbocycles. The molecule has 0 bridgehead atoms. The summed E-state index contributed by atoms with van der Waals surface area (Å²) in [4.78, 5) is 29.5. The van der Waals surface area contributed by atoms with Crippen LogP contribution in [0.3, 0.4) is 0 Å². The predicted octanol–water partition coefficient (Wildman–Crippen LogP) is 3.32. The molecule has 0 aromatic carbocycles. The fraction of sp³-hybridized carbons (Fsp3) is 0.591. The summed E-state index contributed by atoms with van der Waals surface area (Å²) in [6.45, 7) is 7.30. The highest BCUT2D eigenvalue weighted by Gasteiger charge is 2.29. The number of aryl methyl sites for hydroxylation is 3. The number of nitrogens with zero attached hydrogens (tertiary/aromatic N) is 3. The molecule has 2 aromatic rings. The second kappa shape index (κ2) is 8.69. The lowest BCUT2D eigenvalue weighted by molar-refractivity contribution is -0.125. The van der Waals surface area contributed by atoms with E-state index in [2.05, 4.69) is 17.3 Å². The number of thiophene rings is 1. The maximum absolute atomic E-state index is 12.8. The Balaban J connectivity index is 1.35. The van der Waals surface area contributed by atoms with Gasteiger partial charge in [0.1, 0.15) is 0 Å². The van der Waals surface area contributed by atoms with E-state index in [9.17, 15) is 9.59 Å². The maximum atomic E-state index is 12.8. The van der Waals surface area contributed by atoms with Gasteiger partial charge in [-0.3, -0.25) is 14.3 Å². The van der Waals surface area contributed by atoms with Gasteiger partial charge in [-0.25, -0.2) is 0 Å². The molecule has 3 heterocycles. The van der Waals surface area contributed by atoms with Crippen LogP contribution in [0.5, 0.6) is 0 Å². The molecule has 1 aliphatic heterocycles. The van der Waals surface area contributed by atoms with Crippen molar-refractivity contribution in [2.75, 3.05) is 13.1 Å². The number of hydrogen-bond donors (Lipinski definition) is 1. The Kier molecular flexibility index (Phi) is 6.04. The number of hydrogen-bond acceptors (Lipinski definition) is 4. The van der Waals surface area contributed by atoms with Gasteiger partial charge in [0.25, 0.3) is 5.91 Å². The highest BCUT2D eigenvalue weighted by atomic mass is 32.1. The fourth-order valence-electron chi connectivity index (χ4n) is 4.33. The molecular weight excluding hydrogens is 384 g/mol. The molecular formula is C22H30N4O2S. The van der Waals surface area contributed by atoms with E-state index in [4.69, 9.17) is 0 Å². The van der Waals surface area contributed by atoms with Crippen molar-refractivity contribution in [1.29, 1.82) is 0 Å². The van der Waals surface area contributed by atoms with Crippen molar-refractivity contribution in [2.24, 2.45) is 5.92 Å². The third-order valence-electron chi connectivity index (χ3n) is 6.01. The van der Waals surface area contributed by atoms with Gasteiger partial charge in [0.15, 0.2) is 0 Å². The lowest BCUT2D eigenvalue weighted by Gasteiger charge is -2.21. The van der Waals surface area contributed by atoms with Crippen LogP contribution in [0.1, 0.15) is 64.0 Å². The Bertz CT molecular complexity index is 895. The SMILES string of the molecule is CCCn1cc(CNC(=O)[C@@H]2CCc3sc(C(=O)N4CCCC4)cc3C2)c(C)n1. The van der Waals surface area contributed by atoms with Crippen LogP contribution in [0.2, 0.25) is 0 Å². The Labute approximate surface area is 176 Å². The van der Waals surface area contributed by atoms with E-state index in [1.54, 1.807) is 11.3 Å². The summed E-state index contributed by atoms with van der Waals surface area (Å²) in [7, 11) is 0. The maximum Gasteiger partial charge on any atom is 0.263 e. The van der Waals surface area contributed by atoms with Gasteiger partial charge in [-0.2, -0.15) is 5.10 Å². The molecule has 29 heavy (non-hydrogen) atoms. The zero-order valence-corrected chi connectivity index (χ0v) is 18.2. The fourth-order valence-corrected chi connectivity index (χ4v) is 5.51. The number of carbonyl (C=O) groups excluding carboxylic acids is 2. The average molecular weight is 415 g/mol. The van der Waals surface area contributed by atoms with Gasteiger partial charge >= 0.3 is 0 Å². The van der Waals surface area contributed by atoms with Gasteiger partial charge < -0.3 is 10.2 Å². The molecule has 6 nitrogen and oxygen atoms in total. The van der Waals surface area contributed by atoms with Crippen molar-refractivity contribution in [2.45, 2.75) is 65.5 Å². The van der Waals surface area contributed by atoms with E-state index in [1.165, 1.54) is 10.4 Å². The number of nitrogens with one attached hydrogen (secondary N) is 1. The van der Waals surface area contributed by atoms with Crippen LogP contribution in [-0.4, -0.2) is 39.6 Å². The third kappa shape index (κ3) is 4.39. The molecule has 2 aromatic heterocycles. The van der Waals surface area contributed by atoms with E-state index in [1.807, 2.05) is 28.8 Å². The largest absolute Gasteiger partial charge is 0.352 e. The second-order valence-electron chi connectivity index (χ2n) is 8.22. The molecule has 0 spiro atoms. The first-order valence-electron chi connectivity index (χ1n) is 10.8. The van der Waals surface area contributed by atoms with Crippen LogP contribution in [0.25, 0.3) is 0 Å². The Morgan fingerprint density at radius 3 is 2.86 bits per heavy atom. The van der Waals surface area contributed by atoms with Gasteiger partial charge in [-0.15, -0.1) is 11.3 Å². The smallest absolute Gasteiger partial charge is 0.263 e. The summed E-state index contributed by atoms with van der Waals surface area (Å²) in [6, 6.07) is 2.04. The molecule has 4 rings (SSSR count). The molecule has 1 N–H and O–H groups in total. The quantitative estimate of drug-likeness (QED) is 0.788. The zero-order chi connectivity index (χ0) is 20.4. The van der Waals surface area contributed by atoms with Crippen LogP contribution in [0.15, 0.2) is 12.3 Å². The molecule has 1 fully saturated rings. The number of aromatic nitrogens is 2. The van der Waals surface area contributed by atoms with Gasteiger partial charge in [0.2, 0.25) is 5.91 Å². The van der Waals surface area contributed by atoms with E-state index in [0.717, 1.165) is 74.3 Å². The monoisotopic (exact) mass is 414 g/mol.